The zero-order chi connectivity index (χ0) is 15.7. The highest BCUT2D eigenvalue weighted by Gasteiger charge is 2.25. The molecule has 2 aliphatic rings. The Balaban J connectivity index is 1.69. The minimum absolute atomic E-state index is 0.0747. The van der Waals surface area contributed by atoms with Crippen molar-refractivity contribution in [3.63, 3.8) is 0 Å². The molecule has 0 fully saturated rings. The summed E-state index contributed by atoms with van der Waals surface area (Å²) >= 11 is 6.83. The molecule has 1 aromatic rings. The van der Waals surface area contributed by atoms with Crippen LogP contribution in [0.5, 0.6) is 0 Å². The van der Waals surface area contributed by atoms with Crippen molar-refractivity contribution in [2.75, 3.05) is 12.3 Å². The number of halogens is 1. The molecule has 2 aliphatic heterocycles. The van der Waals surface area contributed by atoms with E-state index < -0.39 is 16.0 Å². The maximum atomic E-state index is 12.0. The van der Waals surface area contributed by atoms with Gasteiger partial charge in [0.15, 0.2) is 0 Å². The van der Waals surface area contributed by atoms with Gasteiger partial charge in [0, 0.05) is 24.3 Å². The zero-order valence-electron chi connectivity index (χ0n) is 11.0. The first-order chi connectivity index (χ1) is 10.4. The van der Waals surface area contributed by atoms with Crippen LogP contribution in [-0.2, 0) is 26.2 Å². The van der Waals surface area contributed by atoms with Crippen LogP contribution in [-0.4, -0.2) is 47.0 Å². The van der Waals surface area contributed by atoms with Crippen molar-refractivity contribution in [3.05, 3.63) is 34.0 Å². The molecule has 1 aromatic heterocycles. The van der Waals surface area contributed by atoms with Crippen LogP contribution >= 0.6 is 23.1 Å². The molecule has 0 N–H and O–H groups in total. The third-order valence-corrected chi connectivity index (χ3v) is 5.06. The van der Waals surface area contributed by atoms with E-state index in [1.165, 1.54) is 18.4 Å². The molecule has 3 heterocycles. The van der Waals surface area contributed by atoms with Crippen LogP contribution in [0.3, 0.4) is 0 Å². The number of carbonyl (C=O) groups is 1. The molecule has 8 nitrogen and oxygen atoms in total. The van der Waals surface area contributed by atoms with Crippen molar-refractivity contribution >= 4 is 45.0 Å². The SMILES string of the molecule is O=C(OCc1nnsc1Cl)C1=CN2CCS(=O)(=O)N=C2C=C1. The molecule has 0 atom stereocenters. The molecule has 0 amide bonds. The Morgan fingerprint density at radius 1 is 1.45 bits per heavy atom. The van der Waals surface area contributed by atoms with Crippen LogP contribution in [0, 0.1) is 0 Å². The Bertz CT molecular complexity index is 812. The quantitative estimate of drug-likeness (QED) is 0.732. The van der Waals surface area contributed by atoms with Gasteiger partial charge in [-0.1, -0.05) is 16.1 Å². The summed E-state index contributed by atoms with van der Waals surface area (Å²) in [5.74, 6) is -0.370. The molecule has 0 saturated heterocycles. The highest BCUT2D eigenvalue weighted by molar-refractivity contribution is 7.90. The monoisotopic (exact) mass is 360 g/mol. The topological polar surface area (TPSA) is 102 Å². The predicted octanol–water partition coefficient (Wildman–Crippen LogP) is 0.732. The molecule has 11 heteroatoms. The van der Waals surface area contributed by atoms with E-state index >= 15 is 0 Å². The lowest BCUT2D eigenvalue weighted by atomic mass is 10.2. The number of carbonyl (C=O) groups excluding carboxylic acids is 1. The summed E-state index contributed by atoms with van der Waals surface area (Å²) in [5.41, 5.74) is 0.685. The second kappa shape index (κ2) is 5.78. The molecular formula is C11H9ClN4O4S2. The number of amidine groups is 1. The van der Waals surface area contributed by atoms with Gasteiger partial charge in [0.05, 0.1) is 11.3 Å². The number of nitrogens with zero attached hydrogens (tertiary/aromatic N) is 4. The summed E-state index contributed by atoms with van der Waals surface area (Å²) in [6, 6.07) is 0. The van der Waals surface area contributed by atoms with Gasteiger partial charge in [-0.3, -0.25) is 0 Å². The first-order valence-corrected chi connectivity index (χ1v) is 8.84. The number of aromatic nitrogens is 2. The van der Waals surface area contributed by atoms with Crippen molar-refractivity contribution in [1.82, 2.24) is 14.5 Å². The van der Waals surface area contributed by atoms with E-state index in [1.54, 1.807) is 4.90 Å². The molecule has 22 heavy (non-hydrogen) atoms. The molecule has 0 radical (unpaired) electrons. The van der Waals surface area contributed by atoms with Crippen LogP contribution in [0.1, 0.15) is 5.69 Å². The second-order valence-electron chi connectivity index (χ2n) is 4.42. The maximum absolute atomic E-state index is 12.0. The van der Waals surface area contributed by atoms with Crippen LogP contribution < -0.4 is 0 Å². The molecule has 0 spiro atoms. The van der Waals surface area contributed by atoms with E-state index in [2.05, 4.69) is 14.0 Å². The van der Waals surface area contributed by atoms with Gasteiger partial charge in [-0.25, -0.2) is 13.2 Å². The van der Waals surface area contributed by atoms with Crippen molar-refractivity contribution in [1.29, 1.82) is 0 Å². The molecule has 0 unspecified atom stereocenters. The van der Waals surface area contributed by atoms with Crippen molar-refractivity contribution < 1.29 is 17.9 Å². The Kier molecular flexibility index (Phi) is 3.98. The second-order valence-corrected chi connectivity index (χ2v) is 7.53. The number of ether oxygens (including phenoxy) is 1. The first-order valence-electron chi connectivity index (χ1n) is 6.08. The molecular weight excluding hydrogens is 352 g/mol. The third kappa shape index (κ3) is 3.18. The van der Waals surface area contributed by atoms with Gasteiger partial charge >= 0.3 is 5.97 Å². The number of fused-ring (bicyclic) bond motifs is 1. The summed E-state index contributed by atoms with van der Waals surface area (Å²) in [6.45, 7) is 0.165. The van der Waals surface area contributed by atoms with Crippen LogP contribution in [0.2, 0.25) is 4.34 Å². The van der Waals surface area contributed by atoms with E-state index in [9.17, 15) is 13.2 Å². The average Bonchev–Trinajstić information content (AvgIpc) is 2.88. The van der Waals surface area contributed by atoms with Crippen molar-refractivity contribution in [2.24, 2.45) is 4.40 Å². The lowest BCUT2D eigenvalue weighted by molar-refractivity contribution is -0.140. The van der Waals surface area contributed by atoms with Crippen LogP contribution in [0.25, 0.3) is 0 Å². The summed E-state index contributed by atoms with van der Waals surface area (Å²) in [6.07, 6.45) is 4.43. The highest BCUT2D eigenvalue weighted by atomic mass is 35.5. The fraction of sp³-hybridized carbons (Fsp3) is 0.273. The van der Waals surface area contributed by atoms with E-state index in [1.807, 2.05) is 0 Å². The molecule has 0 aliphatic carbocycles. The summed E-state index contributed by atoms with van der Waals surface area (Å²) in [4.78, 5) is 13.6. The normalized spacial score (nSPS) is 19.2. The average molecular weight is 361 g/mol. The van der Waals surface area contributed by atoms with E-state index in [0.717, 1.165) is 11.5 Å². The highest BCUT2D eigenvalue weighted by Crippen LogP contribution is 2.20. The molecule has 116 valence electrons. The minimum Gasteiger partial charge on any atom is -0.455 e. The smallest absolute Gasteiger partial charge is 0.340 e. The predicted molar refractivity (Wildman–Crippen MR) is 79.9 cm³/mol. The Morgan fingerprint density at radius 3 is 3.00 bits per heavy atom. The van der Waals surface area contributed by atoms with Gasteiger partial charge in [0.25, 0.3) is 10.0 Å². The van der Waals surface area contributed by atoms with Crippen LogP contribution in [0.15, 0.2) is 28.3 Å². The molecule has 3 rings (SSSR count). The number of esters is 1. The molecule has 0 bridgehead atoms. The van der Waals surface area contributed by atoms with Crippen molar-refractivity contribution in [2.45, 2.75) is 6.61 Å². The van der Waals surface area contributed by atoms with Gasteiger partial charge in [-0.2, -0.15) is 0 Å². The van der Waals surface area contributed by atoms with E-state index in [0.29, 0.717) is 10.0 Å². The molecule has 0 saturated carbocycles. The van der Waals surface area contributed by atoms with Gasteiger partial charge in [-0.05, 0) is 12.2 Å². The number of hydrogen-bond acceptors (Lipinski definition) is 8. The third-order valence-electron chi connectivity index (χ3n) is 2.91. The van der Waals surface area contributed by atoms with Crippen LogP contribution in [0.4, 0.5) is 0 Å². The number of rotatable bonds is 3. The molecule has 0 aromatic carbocycles. The number of hydrogen-bond donors (Lipinski definition) is 0. The Morgan fingerprint density at radius 2 is 2.27 bits per heavy atom. The summed E-state index contributed by atoms with van der Waals surface area (Å²) in [5, 5.41) is 3.74. The largest absolute Gasteiger partial charge is 0.455 e. The Hall–Kier alpha value is -1.78. The standard InChI is InChI=1S/C11H9ClN4O4S2/c12-10-8(13-15-21-10)6-20-11(17)7-1-2-9-14-22(18,19)4-3-16(9)5-7/h1-2,5H,3-4,6H2. The van der Waals surface area contributed by atoms with E-state index in [-0.39, 0.29) is 30.3 Å². The summed E-state index contributed by atoms with van der Waals surface area (Å²) < 4.78 is 35.5. The van der Waals surface area contributed by atoms with Gasteiger partial charge in [0.1, 0.15) is 22.5 Å². The lowest BCUT2D eigenvalue weighted by Gasteiger charge is -2.26. The minimum atomic E-state index is -3.41. The van der Waals surface area contributed by atoms with Gasteiger partial charge in [-0.15, -0.1) is 9.50 Å². The van der Waals surface area contributed by atoms with E-state index in [4.69, 9.17) is 16.3 Å². The first kappa shape index (κ1) is 15.1. The van der Waals surface area contributed by atoms with Crippen molar-refractivity contribution in [3.8, 4) is 0 Å². The zero-order valence-corrected chi connectivity index (χ0v) is 13.4. The van der Waals surface area contributed by atoms with Gasteiger partial charge in [0.2, 0.25) is 0 Å². The summed E-state index contributed by atoms with van der Waals surface area (Å²) in [7, 11) is -3.41. The number of sulfonamides is 1. The Labute approximate surface area is 135 Å². The van der Waals surface area contributed by atoms with Gasteiger partial charge < -0.3 is 9.64 Å². The fourth-order valence-electron chi connectivity index (χ4n) is 1.82. The fourth-order valence-corrected chi connectivity index (χ4v) is 3.39. The lowest BCUT2D eigenvalue weighted by Crippen LogP contribution is -2.37. The maximum Gasteiger partial charge on any atom is 0.340 e.